The molecular weight excluding hydrogens is 361 g/mol. The second-order valence-corrected chi connectivity index (χ2v) is 7.27. The molecule has 27 heavy (non-hydrogen) atoms. The van der Waals surface area contributed by atoms with Crippen LogP contribution in [-0.2, 0) is 11.0 Å². The number of hydrogen-bond donors (Lipinski definition) is 0. The van der Waals surface area contributed by atoms with Gasteiger partial charge in [0.15, 0.2) is 11.5 Å². The Morgan fingerprint density at radius 1 is 1.04 bits per heavy atom. The summed E-state index contributed by atoms with van der Waals surface area (Å²) in [5.41, 5.74) is 1.52. The summed E-state index contributed by atoms with van der Waals surface area (Å²) in [6.07, 6.45) is -1.95. The van der Waals surface area contributed by atoms with E-state index in [2.05, 4.69) is 15.3 Å². The summed E-state index contributed by atoms with van der Waals surface area (Å²) in [5, 5.41) is 11.2. The summed E-state index contributed by atoms with van der Waals surface area (Å²) in [6.45, 7) is 5.97. The molecule has 2 fully saturated rings. The number of amides is 1. The van der Waals surface area contributed by atoms with E-state index in [1.54, 1.807) is 6.92 Å². The van der Waals surface area contributed by atoms with Crippen molar-refractivity contribution in [1.82, 2.24) is 24.7 Å². The number of carbonyl (C=O) groups excluding carboxylic acids is 1. The summed E-state index contributed by atoms with van der Waals surface area (Å²) in [7, 11) is 0. The first-order valence-corrected chi connectivity index (χ1v) is 9.11. The summed E-state index contributed by atoms with van der Waals surface area (Å²) in [5.74, 6) is -0.263. The maximum absolute atomic E-state index is 13.2. The Hall–Kier alpha value is -2.39. The number of halogens is 3. The number of rotatable bonds is 2. The lowest BCUT2D eigenvalue weighted by Gasteiger charge is -2.25. The predicted octanol–water partition coefficient (Wildman–Crippen LogP) is 2.21. The molecule has 1 amide bonds. The van der Waals surface area contributed by atoms with Crippen LogP contribution >= 0.6 is 0 Å². The zero-order valence-electron chi connectivity index (χ0n) is 15.3. The van der Waals surface area contributed by atoms with E-state index in [1.165, 1.54) is 0 Å². The molecule has 0 N–H and O–H groups in total. The van der Waals surface area contributed by atoms with Gasteiger partial charge in [-0.25, -0.2) is 0 Å². The van der Waals surface area contributed by atoms with E-state index in [9.17, 15) is 18.0 Å². The van der Waals surface area contributed by atoms with Gasteiger partial charge in [-0.3, -0.25) is 4.79 Å². The quantitative estimate of drug-likeness (QED) is 0.797. The van der Waals surface area contributed by atoms with E-state index in [0.717, 1.165) is 29.3 Å². The van der Waals surface area contributed by atoms with Crippen molar-refractivity contribution in [3.8, 4) is 0 Å². The third kappa shape index (κ3) is 3.21. The van der Waals surface area contributed by atoms with Gasteiger partial charge in [0.25, 0.3) is 5.82 Å². The topological polar surface area (TPSA) is 66.6 Å². The van der Waals surface area contributed by atoms with Crippen LogP contribution in [-0.4, -0.2) is 56.8 Å². The Morgan fingerprint density at radius 3 is 2.44 bits per heavy atom. The van der Waals surface area contributed by atoms with Crippen LogP contribution in [0.25, 0.3) is 5.65 Å². The van der Waals surface area contributed by atoms with Crippen molar-refractivity contribution in [3.05, 3.63) is 17.0 Å². The fraction of sp³-hybridized carbons (Fsp3) is 0.647. The lowest BCUT2D eigenvalue weighted by molar-refractivity contribution is -0.146. The molecule has 0 aromatic carbocycles. The fourth-order valence-electron chi connectivity index (χ4n) is 3.53. The number of fused-ring (bicyclic) bond motifs is 1. The van der Waals surface area contributed by atoms with Crippen LogP contribution in [0.2, 0.25) is 0 Å². The average Bonchev–Trinajstić information content (AvgIpc) is 3.40. The molecule has 1 aliphatic heterocycles. The molecule has 10 heteroatoms. The first-order valence-electron chi connectivity index (χ1n) is 9.11. The van der Waals surface area contributed by atoms with Crippen LogP contribution < -0.4 is 4.90 Å². The molecule has 1 saturated heterocycles. The van der Waals surface area contributed by atoms with E-state index in [-0.39, 0.29) is 17.5 Å². The minimum absolute atomic E-state index is 0.115. The molecule has 0 unspecified atom stereocenters. The molecule has 0 bridgehead atoms. The van der Waals surface area contributed by atoms with Crippen molar-refractivity contribution in [3.63, 3.8) is 0 Å². The van der Waals surface area contributed by atoms with E-state index >= 15 is 0 Å². The van der Waals surface area contributed by atoms with Crippen LogP contribution in [0.3, 0.4) is 0 Å². The molecule has 1 saturated carbocycles. The summed E-state index contributed by atoms with van der Waals surface area (Å²) < 4.78 is 40.5. The maximum atomic E-state index is 13.2. The van der Waals surface area contributed by atoms with Gasteiger partial charge in [-0.2, -0.15) is 17.7 Å². The lowest BCUT2D eigenvalue weighted by atomic mass is 10.1. The molecule has 2 aliphatic rings. The Kier molecular flexibility index (Phi) is 4.23. The van der Waals surface area contributed by atoms with Crippen molar-refractivity contribution in [2.45, 2.75) is 39.3 Å². The number of aromatic nitrogens is 4. The number of anilines is 1. The Labute approximate surface area is 154 Å². The van der Waals surface area contributed by atoms with Crippen LogP contribution in [0, 0.1) is 19.8 Å². The summed E-state index contributed by atoms with van der Waals surface area (Å²) in [6, 6.07) is 0. The Morgan fingerprint density at radius 2 is 1.78 bits per heavy atom. The molecule has 3 heterocycles. The van der Waals surface area contributed by atoms with Crippen LogP contribution in [0.1, 0.15) is 36.2 Å². The minimum Gasteiger partial charge on any atom is -0.353 e. The third-order valence-electron chi connectivity index (χ3n) is 5.36. The molecule has 146 valence electrons. The van der Waals surface area contributed by atoms with Gasteiger partial charge >= 0.3 is 6.18 Å². The van der Waals surface area contributed by atoms with E-state index < -0.39 is 12.0 Å². The van der Waals surface area contributed by atoms with Crippen molar-refractivity contribution in [2.75, 3.05) is 31.1 Å². The molecule has 0 spiro atoms. The zero-order chi connectivity index (χ0) is 19.3. The van der Waals surface area contributed by atoms with Crippen molar-refractivity contribution < 1.29 is 18.0 Å². The number of carbonyl (C=O) groups is 1. The molecule has 2 aromatic heterocycles. The summed E-state index contributed by atoms with van der Waals surface area (Å²) >= 11 is 0. The first-order chi connectivity index (χ1) is 12.8. The molecular formula is C17H21F3N6O. The smallest absolute Gasteiger partial charge is 0.353 e. The van der Waals surface area contributed by atoms with Gasteiger partial charge in [-0.15, -0.1) is 15.3 Å². The highest BCUT2D eigenvalue weighted by Gasteiger charge is 2.39. The predicted molar refractivity (Wildman–Crippen MR) is 91.4 cm³/mol. The summed E-state index contributed by atoms with van der Waals surface area (Å²) in [4.78, 5) is 16.2. The van der Waals surface area contributed by atoms with Gasteiger partial charge in [-0.05, 0) is 33.1 Å². The molecule has 4 rings (SSSR count). The highest BCUT2D eigenvalue weighted by molar-refractivity contribution is 5.81. The van der Waals surface area contributed by atoms with Crippen LogP contribution in [0.4, 0.5) is 19.0 Å². The molecule has 7 nitrogen and oxygen atoms in total. The number of hydrogen-bond acceptors (Lipinski definition) is 5. The molecule has 1 aliphatic carbocycles. The highest BCUT2D eigenvalue weighted by Crippen LogP contribution is 2.32. The van der Waals surface area contributed by atoms with Crippen LogP contribution in [0.5, 0.6) is 0 Å². The van der Waals surface area contributed by atoms with E-state index in [4.69, 9.17) is 0 Å². The average molecular weight is 382 g/mol. The SMILES string of the molecule is Cc1c(N2CCCN(C(=O)C3CC3)CC2)nn2c(C(F)(F)F)nnc2c1C. The Balaban J connectivity index is 1.66. The standard InChI is InChI=1S/C17H21F3N6O/c1-10-11(2)14(23-26-13(10)21-22-16(26)17(18,19)20)24-6-3-7-25(9-8-24)15(27)12-4-5-12/h12H,3-9H2,1-2H3. The van der Waals surface area contributed by atoms with Gasteiger partial charge < -0.3 is 9.80 Å². The van der Waals surface area contributed by atoms with Crippen LogP contribution in [0.15, 0.2) is 0 Å². The van der Waals surface area contributed by atoms with E-state index in [0.29, 0.717) is 37.6 Å². The number of alkyl halides is 3. The van der Waals surface area contributed by atoms with E-state index in [1.807, 2.05) is 16.7 Å². The molecule has 0 radical (unpaired) electrons. The number of aryl methyl sites for hydroxylation is 1. The maximum Gasteiger partial charge on any atom is 0.453 e. The molecule has 0 atom stereocenters. The fourth-order valence-corrected chi connectivity index (χ4v) is 3.53. The van der Waals surface area contributed by atoms with Gasteiger partial charge in [0.1, 0.15) is 0 Å². The largest absolute Gasteiger partial charge is 0.453 e. The lowest BCUT2D eigenvalue weighted by Crippen LogP contribution is -2.36. The molecule has 2 aromatic rings. The van der Waals surface area contributed by atoms with Crippen molar-refractivity contribution in [1.29, 1.82) is 0 Å². The van der Waals surface area contributed by atoms with Gasteiger partial charge in [0.2, 0.25) is 5.91 Å². The van der Waals surface area contributed by atoms with Gasteiger partial charge in [0.05, 0.1) is 0 Å². The first kappa shape index (κ1) is 18.0. The zero-order valence-corrected chi connectivity index (χ0v) is 15.3. The van der Waals surface area contributed by atoms with Crippen molar-refractivity contribution >= 4 is 17.4 Å². The second kappa shape index (κ2) is 6.35. The number of nitrogens with zero attached hydrogens (tertiary/aromatic N) is 6. The monoisotopic (exact) mass is 382 g/mol. The normalized spacial score (nSPS) is 18.9. The third-order valence-corrected chi connectivity index (χ3v) is 5.36. The van der Waals surface area contributed by atoms with Crippen molar-refractivity contribution in [2.24, 2.45) is 5.92 Å². The van der Waals surface area contributed by atoms with Gasteiger partial charge in [-0.1, -0.05) is 0 Å². The second-order valence-electron chi connectivity index (χ2n) is 7.27. The van der Waals surface area contributed by atoms with Gasteiger partial charge in [0, 0.05) is 43.2 Å². The Bertz CT molecular complexity index is 889. The highest BCUT2D eigenvalue weighted by atomic mass is 19.4. The minimum atomic E-state index is -4.63.